The van der Waals surface area contributed by atoms with Crippen LogP contribution in [-0.2, 0) is 30.6 Å². The smallest absolute Gasteiger partial charge is 0.330 e. The number of benzene rings is 1. The third kappa shape index (κ3) is 7.08. The number of nitrogens with one attached hydrogen (secondary N) is 2. The quantitative estimate of drug-likeness (QED) is 0.221. The molecule has 13 nitrogen and oxygen atoms in total. The van der Waals surface area contributed by atoms with Gasteiger partial charge >= 0.3 is 18.3 Å². The fourth-order valence-electron chi connectivity index (χ4n) is 3.65. The molecule has 2 aromatic rings. The summed E-state index contributed by atoms with van der Waals surface area (Å²) in [5.74, 6) is 0.332. The first-order valence-corrected chi connectivity index (χ1v) is 14.3. The van der Waals surface area contributed by atoms with E-state index in [0.717, 1.165) is 16.8 Å². The van der Waals surface area contributed by atoms with Gasteiger partial charge in [0.2, 0.25) is 0 Å². The second-order valence-electron chi connectivity index (χ2n) is 9.11. The average molecular weight is 574 g/mol. The van der Waals surface area contributed by atoms with Crippen LogP contribution in [0.15, 0.2) is 46.1 Å². The number of hydrogen-bond donors (Lipinski definition) is 4. The van der Waals surface area contributed by atoms with Crippen molar-refractivity contribution in [3.05, 3.63) is 57.4 Å². The lowest BCUT2D eigenvalue weighted by molar-refractivity contribution is -0.149. The minimum absolute atomic E-state index is 0.323. The summed E-state index contributed by atoms with van der Waals surface area (Å²) in [6, 6.07) is 6.68. The van der Waals surface area contributed by atoms with E-state index in [1.165, 1.54) is 21.0 Å². The average Bonchev–Trinajstić information content (AvgIpc) is 3.06. The topological polar surface area (TPSA) is 171 Å². The number of methoxy groups -OCH3 is 1. The Balaban J connectivity index is 1.81. The van der Waals surface area contributed by atoms with E-state index in [-0.39, 0.29) is 12.7 Å². The lowest BCUT2D eigenvalue weighted by Gasteiger charge is -2.28. The molecule has 0 spiro atoms. The van der Waals surface area contributed by atoms with Crippen LogP contribution in [-0.4, -0.2) is 69.4 Å². The summed E-state index contributed by atoms with van der Waals surface area (Å²) in [5.41, 5.74) is -3.39. The maximum Gasteiger partial charge on any atom is 0.330 e. The molecule has 1 aliphatic rings. The number of aromatic amines is 1. The number of esters is 1. The number of H-pyrrole nitrogens is 1. The molecule has 38 heavy (non-hydrogen) atoms. The van der Waals surface area contributed by atoms with Crippen molar-refractivity contribution < 1.29 is 38.3 Å². The predicted molar refractivity (Wildman–Crippen MR) is 140 cm³/mol. The van der Waals surface area contributed by atoms with Gasteiger partial charge in [0.15, 0.2) is 6.23 Å². The molecule has 2 heterocycles. The Kier molecular flexibility index (Phi) is 9.52. The largest absolute Gasteiger partial charge is 0.497 e. The molecule has 4 N–H and O–H groups in total. The van der Waals surface area contributed by atoms with Gasteiger partial charge in [0, 0.05) is 12.3 Å². The number of carbonyl (C=O) groups excluding carboxylic acids is 1. The second kappa shape index (κ2) is 12.1. The fraction of sp³-hybridized carbons (Fsp3) is 0.522. The zero-order valence-electron chi connectivity index (χ0n) is 21.5. The molecule has 1 saturated heterocycles. The van der Waals surface area contributed by atoms with Gasteiger partial charge in [-0.05, 0) is 63.8 Å². The third-order valence-corrected chi connectivity index (χ3v) is 8.11. The highest BCUT2D eigenvalue weighted by atomic mass is 32.5. The van der Waals surface area contributed by atoms with E-state index in [9.17, 15) is 24.6 Å². The van der Waals surface area contributed by atoms with Crippen LogP contribution in [0.25, 0.3) is 0 Å². The highest BCUT2D eigenvalue weighted by Crippen LogP contribution is 2.47. The van der Waals surface area contributed by atoms with E-state index in [1.54, 1.807) is 38.1 Å². The Hall–Kier alpha value is -2.58. The molecule has 15 heteroatoms. The minimum atomic E-state index is -3.49. The molecule has 0 bridgehead atoms. The monoisotopic (exact) mass is 573 g/mol. The summed E-state index contributed by atoms with van der Waals surface area (Å²) in [5, 5.41) is 24.6. The molecule has 1 unspecified atom stereocenters. The van der Waals surface area contributed by atoms with E-state index in [4.69, 9.17) is 35.1 Å². The Morgan fingerprint density at radius 1 is 1.24 bits per heavy atom. The maximum atomic E-state index is 12.4. The molecule has 0 amide bonds. The molecule has 0 radical (unpaired) electrons. The van der Waals surface area contributed by atoms with E-state index in [1.807, 2.05) is 0 Å². The number of ether oxygens (including phenoxy) is 3. The predicted octanol–water partition coefficient (Wildman–Crippen LogP) is 0.804. The van der Waals surface area contributed by atoms with Crippen molar-refractivity contribution in [3.63, 3.8) is 0 Å². The van der Waals surface area contributed by atoms with Crippen molar-refractivity contribution >= 4 is 24.4 Å². The van der Waals surface area contributed by atoms with Crippen molar-refractivity contribution in [2.45, 2.75) is 63.9 Å². The highest BCUT2D eigenvalue weighted by molar-refractivity contribution is 8.09. The van der Waals surface area contributed by atoms with Gasteiger partial charge < -0.3 is 33.5 Å². The first-order valence-electron chi connectivity index (χ1n) is 11.7. The van der Waals surface area contributed by atoms with Crippen molar-refractivity contribution in [1.82, 2.24) is 14.6 Å². The van der Waals surface area contributed by atoms with Gasteiger partial charge in [-0.15, -0.1) is 0 Å². The van der Waals surface area contributed by atoms with E-state index < -0.39 is 53.9 Å². The number of aliphatic hydroxyl groups is 2. The number of hydrogen-bond acceptors (Lipinski definition) is 11. The number of aromatic nitrogens is 2. The van der Waals surface area contributed by atoms with Crippen LogP contribution in [0, 0.1) is 0 Å². The Morgan fingerprint density at radius 3 is 2.45 bits per heavy atom. The molecule has 0 saturated carbocycles. The van der Waals surface area contributed by atoms with Gasteiger partial charge in [-0.2, -0.15) is 0 Å². The summed E-state index contributed by atoms with van der Waals surface area (Å²) < 4.78 is 29.0. The summed E-state index contributed by atoms with van der Waals surface area (Å²) in [6.07, 6.45) is -3.22. The molecular formula is C23H32N3O10PS. The molecule has 1 aromatic carbocycles. The molecule has 1 aliphatic heterocycles. The van der Waals surface area contributed by atoms with Crippen LogP contribution in [0.2, 0.25) is 0 Å². The van der Waals surface area contributed by atoms with Crippen molar-refractivity contribution in [3.8, 4) is 11.5 Å². The number of carbonyl (C=O) groups is 1. The lowest BCUT2D eigenvalue weighted by Crippen LogP contribution is -2.47. The van der Waals surface area contributed by atoms with Crippen LogP contribution in [0.3, 0.4) is 0 Å². The normalized spacial score (nSPS) is 25.5. The molecule has 6 atom stereocenters. The van der Waals surface area contributed by atoms with E-state index in [0.29, 0.717) is 11.5 Å². The number of rotatable bonds is 11. The van der Waals surface area contributed by atoms with Gasteiger partial charge in [-0.3, -0.25) is 19.1 Å². The van der Waals surface area contributed by atoms with Crippen molar-refractivity contribution in [2.75, 3.05) is 13.7 Å². The van der Waals surface area contributed by atoms with Crippen LogP contribution < -0.4 is 25.6 Å². The SMILES string of the molecule is COc1ccc(OP(=S)(N[C@@H](C)C(=O)OC(C)C)OC[C@H]2O[C@@H](n3ccc(=O)[nH]c3=O)[C@](C)(O)[C@@H]2O)cc1. The summed E-state index contributed by atoms with van der Waals surface area (Å²) in [4.78, 5) is 38.2. The zero-order valence-corrected chi connectivity index (χ0v) is 23.2. The van der Waals surface area contributed by atoms with Gasteiger partial charge in [0.05, 0.1) is 19.8 Å². The highest BCUT2D eigenvalue weighted by Gasteiger charge is 2.53. The minimum Gasteiger partial charge on any atom is -0.497 e. The van der Waals surface area contributed by atoms with Gasteiger partial charge in [0.25, 0.3) is 5.56 Å². The van der Waals surface area contributed by atoms with Crippen molar-refractivity contribution in [2.24, 2.45) is 0 Å². The van der Waals surface area contributed by atoms with E-state index >= 15 is 0 Å². The standard InChI is InChI=1S/C23H32N3O10PS/c1-13(2)34-20(29)14(3)25-37(38,36-16-8-6-15(32-5)7-9-16)33-12-17-19(28)23(4,31)21(35-17)26-11-10-18(27)24-22(26)30/h6-11,13-14,17,19,21,28,31H,12H2,1-5H3,(H,25,38)(H,24,27,30)/t14-,17+,19+,21+,23+,37?/m0/s1. The maximum absolute atomic E-state index is 12.4. The Morgan fingerprint density at radius 2 is 1.87 bits per heavy atom. The zero-order chi connectivity index (χ0) is 28.3. The number of aliphatic hydroxyl groups excluding tert-OH is 1. The molecule has 1 fully saturated rings. The summed E-state index contributed by atoms with van der Waals surface area (Å²) >= 11 is 5.66. The fourth-order valence-corrected chi connectivity index (χ4v) is 6.07. The van der Waals surface area contributed by atoms with Crippen LogP contribution in [0.4, 0.5) is 0 Å². The molecular weight excluding hydrogens is 541 g/mol. The van der Waals surface area contributed by atoms with Gasteiger partial charge in [-0.1, -0.05) is 0 Å². The first kappa shape index (κ1) is 30.0. The summed E-state index contributed by atoms with van der Waals surface area (Å²) in [7, 11) is 1.52. The molecule has 1 aromatic heterocycles. The number of nitrogens with zero attached hydrogens (tertiary/aromatic N) is 1. The van der Waals surface area contributed by atoms with Gasteiger partial charge in [0.1, 0.15) is 35.3 Å². The Labute approximate surface area is 223 Å². The molecule has 0 aliphatic carbocycles. The van der Waals surface area contributed by atoms with Crippen molar-refractivity contribution in [1.29, 1.82) is 0 Å². The van der Waals surface area contributed by atoms with Gasteiger partial charge in [-0.25, -0.2) is 9.88 Å². The van der Waals surface area contributed by atoms with Crippen LogP contribution in [0.1, 0.15) is 33.9 Å². The van der Waals surface area contributed by atoms with E-state index in [2.05, 4.69) is 10.1 Å². The van der Waals surface area contributed by atoms with Crippen LogP contribution >= 0.6 is 6.64 Å². The first-order chi connectivity index (χ1) is 17.8. The van der Waals surface area contributed by atoms with Crippen LogP contribution in [0.5, 0.6) is 11.5 Å². The third-order valence-electron chi connectivity index (χ3n) is 5.61. The Bertz CT molecular complexity index is 1280. The summed E-state index contributed by atoms with van der Waals surface area (Å²) in [6.45, 7) is 2.37. The molecule has 3 rings (SSSR count). The molecule has 210 valence electrons. The lowest BCUT2D eigenvalue weighted by atomic mass is 9.96. The second-order valence-corrected chi connectivity index (χ2v) is 12.2.